The second-order valence-electron chi connectivity index (χ2n) is 4.98. The van der Waals surface area contributed by atoms with Crippen LogP contribution in [0.3, 0.4) is 0 Å². The van der Waals surface area contributed by atoms with Crippen LogP contribution in [0.25, 0.3) is 0 Å². The fraction of sp³-hybridized carbons (Fsp3) is 0.250. The fourth-order valence-corrected chi connectivity index (χ4v) is 2.88. The van der Waals surface area contributed by atoms with Gasteiger partial charge in [0.05, 0.1) is 12.7 Å². The molecule has 0 atom stereocenters. The van der Waals surface area contributed by atoms with E-state index in [0.717, 1.165) is 16.9 Å². The Hall–Kier alpha value is -2.26. The van der Waals surface area contributed by atoms with Gasteiger partial charge in [0.25, 0.3) is 11.8 Å². The van der Waals surface area contributed by atoms with Crippen LogP contribution in [-0.2, 0) is 0 Å². The van der Waals surface area contributed by atoms with Crippen molar-refractivity contribution in [1.82, 2.24) is 9.88 Å². The number of likely N-dealkylation sites (tertiary alicyclic amines) is 1. The molecule has 0 N–H and O–H groups in total. The van der Waals surface area contributed by atoms with E-state index >= 15 is 0 Å². The molecule has 0 radical (unpaired) electrons. The molecule has 3 rings (SSSR count). The van der Waals surface area contributed by atoms with Gasteiger partial charge in [0.1, 0.15) is 4.88 Å². The number of carbonyl (C=O) groups excluding carboxylic acids is 1. The summed E-state index contributed by atoms with van der Waals surface area (Å²) >= 11 is 1.13. The molecule has 0 saturated carbocycles. The van der Waals surface area contributed by atoms with E-state index in [4.69, 9.17) is 0 Å². The summed E-state index contributed by atoms with van der Waals surface area (Å²) in [7, 11) is 0. The molecule has 1 amide bonds. The Morgan fingerprint density at radius 1 is 1.27 bits per heavy atom. The Morgan fingerprint density at radius 3 is 2.73 bits per heavy atom. The summed E-state index contributed by atoms with van der Waals surface area (Å²) in [6, 6.07) is 9.41. The highest BCUT2D eigenvalue weighted by atomic mass is 32.1. The predicted molar refractivity (Wildman–Crippen MR) is 80.0 cm³/mol. The van der Waals surface area contributed by atoms with Crippen molar-refractivity contribution in [2.45, 2.75) is 12.3 Å². The molecule has 1 aromatic carbocycles. The molecule has 1 fully saturated rings. The zero-order chi connectivity index (χ0) is 15.6. The lowest BCUT2D eigenvalue weighted by Gasteiger charge is -2.14. The van der Waals surface area contributed by atoms with Crippen LogP contribution >= 0.6 is 11.3 Å². The van der Waals surface area contributed by atoms with Crippen LogP contribution in [0.2, 0.25) is 0 Å². The van der Waals surface area contributed by atoms with E-state index in [-0.39, 0.29) is 13.0 Å². The van der Waals surface area contributed by atoms with Gasteiger partial charge in [-0.1, -0.05) is 24.1 Å². The van der Waals surface area contributed by atoms with E-state index in [9.17, 15) is 13.6 Å². The summed E-state index contributed by atoms with van der Waals surface area (Å²) in [4.78, 5) is 17.7. The molecule has 1 aliphatic rings. The van der Waals surface area contributed by atoms with Crippen LogP contribution < -0.4 is 0 Å². The van der Waals surface area contributed by atoms with E-state index in [1.807, 2.05) is 30.3 Å². The first-order valence-corrected chi connectivity index (χ1v) is 7.55. The number of hydrogen-bond acceptors (Lipinski definition) is 3. The average molecular weight is 318 g/mol. The Bertz CT molecular complexity index is 746. The van der Waals surface area contributed by atoms with Crippen LogP contribution in [0, 0.1) is 11.8 Å². The predicted octanol–water partition coefficient (Wildman–Crippen LogP) is 3.02. The molecule has 0 aliphatic carbocycles. The molecule has 1 saturated heterocycles. The van der Waals surface area contributed by atoms with Gasteiger partial charge in [0, 0.05) is 18.5 Å². The molecule has 2 heterocycles. The van der Waals surface area contributed by atoms with Gasteiger partial charge in [-0.15, -0.1) is 11.3 Å². The summed E-state index contributed by atoms with van der Waals surface area (Å²) in [5, 5.41) is 0.498. The first kappa shape index (κ1) is 14.7. The van der Waals surface area contributed by atoms with Gasteiger partial charge in [-0.25, -0.2) is 13.8 Å². The highest BCUT2D eigenvalue weighted by Crippen LogP contribution is 2.28. The SMILES string of the molecule is O=C(c1cnc(C#Cc2ccccc2)s1)N1CCC(F)(F)C1. The largest absolute Gasteiger partial charge is 0.332 e. The van der Waals surface area contributed by atoms with Gasteiger partial charge >= 0.3 is 0 Å². The lowest BCUT2D eigenvalue weighted by Crippen LogP contribution is -2.30. The van der Waals surface area contributed by atoms with Crippen LogP contribution in [0.15, 0.2) is 36.5 Å². The summed E-state index contributed by atoms with van der Waals surface area (Å²) in [6.45, 7) is -0.441. The molecular formula is C16H12F2N2OS. The van der Waals surface area contributed by atoms with Crippen molar-refractivity contribution in [2.24, 2.45) is 0 Å². The quantitative estimate of drug-likeness (QED) is 0.757. The molecule has 2 aromatic rings. The lowest BCUT2D eigenvalue weighted by atomic mass is 10.2. The number of rotatable bonds is 1. The molecule has 0 spiro atoms. The van der Waals surface area contributed by atoms with Gasteiger partial charge in [0.2, 0.25) is 0 Å². The number of alkyl halides is 2. The second-order valence-corrected chi connectivity index (χ2v) is 6.01. The third kappa shape index (κ3) is 3.31. The van der Waals surface area contributed by atoms with E-state index < -0.39 is 18.4 Å². The highest BCUT2D eigenvalue weighted by molar-refractivity contribution is 7.14. The minimum absolute atomic E-state index is 0.0781. The van der Waals surface area contributed by atoms with E-state index in [2.05, 4.69) is 16.8 Å². The third-order valence-electron chi connectivity index (χ3n) is 3.26. The molecule has 112 valence electrons. The molecule has 1 aliphatic heterocycles. The third-order valence-corrected chi connectivity index (χ3v) is 4.16. The van der Waals surface area contributed by atoms with Crippen LogP contribution in [-0.4, -0.2) is 34.8 Å². The first-order valence-electron chi connectivity index (χ1n) is 6.73. The zero-order valence-electron chi connectivity index (χ0n) is 11.6. The number of thiazole rings is 1. The zero-order valence-corrected chi connectivity index (χ0v) is 12.4. The number of aromatic nitrogens is 1. The van der Waals surface area contributed by atoms with Crippen LogP contribution in [0.5, 0.6) is 0 Å². The van der Waals surface area contributed by atoms with Gasteiger partial charge < -0.3 is 4.90 Å². The lowest BCUT2D eigenvalue weighted by molar-refractivity contribution is 0.0121. The van der Waals surface area contributed by atoms with Crippen molar-refractivity contribution in [3.8, 4) is 11.8 Å². The van der Waals surface area contributed by atoms with Crippen LogP contribution in [0.4, 0.5) is 8.78 Å². The average Bonchev–Trinajstić information content (AvgIpc) is 3.12. The minimum Gasteiger partial charge on any atom is -0.332 e. The molecule has 6 heteroatoms. The maximum absolute atomic E-state index is 13.2. The molecular weight excluding hydrogens is 306 g/mol. The van der Waals surface area contributed by atoms with E-state index in [1.165, 1.54) is 11.1 Å². The first-order chi connectivity index (χ1) is 10.5. The number of hydrogen-bond donors (Lipinski definition) is 0. The summed E-state index contributed by atoms with van der Waals surface area (Å²) < 4.78 is 26.3. The number of benzene rings is 1. The van der Waals surface area contributed by atoms with Gasteiger partial charge in [-0.2, -0.15) is 0 Å². The van der Waals surface area contributed by atoms with Crippen molar-refractivity contribution >= 4 is 17.2 Å². The number of nitrogens with zero attached hydrogens (tertiary/aromatic N) is 2. The Balaban J connectivity index is 1.72. The molecule has 22 heavy (non-hydrogen) atoms. The van der Waals surface area contributed by atoms with Crippen molar-refractivity contribution in [2.75, 3.05) is 13.1 Å². The second kappa shape index (κ2) is 5.85. The molecule has 1 aromatic heterocycles. The molecule has 3 nitrogen and oxygen atoms in total. The monoisotopic (exact) mass is 318 g/mol. The maximum atomic E-state index is 13.2. The number of halogens is 2. The molecule has 0 bridgehead atoms. The van der Waals surface area contributed by atoms with Gasteiger partial charge in [-0.05, 0) is 18.1 Å². The minimum atomic E-state index is -2.78. The highest BCUT2D eigenvalue weighted by Gasteiger charge is 2.40. The normalized spacial score (nSPS) is 16.2. The topological polar surface area (TPSA) is 33.2 Å². The van der Waals surface area contributed by atoms with Crippen molar-refractivity contribution in [3.63, 3.8) is 0 Å². The van der Waals surface area contributed by atoms with Crippen molar-refractivity contribution in [1.29, 1.82) is 0 Å². The standard InChI is InChI=1S/C16H12F2N2OS/c17-16(18)8-9-20(11-16)15(21)13-10-19-14(22-13)7-6-12-4-2-1-3-5-12/h1-5,10H,8-9,11H2. The Labute approximate surface area is 130 Å². The Kier molecular flexibility index (Phi) is 3.90. The van der Waals surface area contributed by atoms with Crippen molar-refractivity contribution < 1.29 is 13.6 Å². The van der Waals surface area contributed by atoms with Crippen LogP contribution in [0.1, 0.15) is 26.7 Å². The van der Waals surface area contributed by atoms with Gasteiger partial charge in [-0.3, -0.25) is 4.79 Å². The maximum Gasteiger partial charge on any atom is 0.267 e. The Morgan fingerprint density at radius 2 is 2.05 bits per heavy atom. The summed E-state index contributed by atoms with van der Waals surface area (Å²) in [6.07, 6.45) is 1.12. The fourth-order valence-electron chi connectivity index (χ4n) is 2.14. The van der Waals surface area contributed by atoms with E-state index in [1.54, 1.807) is 0 Å². The smallest absolute Gasteiger partial charge is 0.267 e. The summed E-state index contributed by atoms with van der Waals surface area (Å²) in [5.74, 6) is 2.65. The number of carbonyl (C=O) groups is 1. The van der Waals surface area contributed by atoms with Crippen molar-refractivity contribution in [3.05, 3.63) is 52.0 Å². The van der Waals surface area contributed by atoms with Gasteiger partial charge in [0.15, 0.2) is 5.01 Å². The molecule has 0 unspecified atom stereocenters. The summed E-state index contributed by atoms with van der Waals surface area (Å²) in [5.41, 5.74) is 0.852. The number of amides is 1. The van der Waals surface area contributed by atoms with E-state index in [0.29, 0.717) is 9.88 Å².